The number of pyridine rings is 1. The minimum absolute atomic E-state index is 0.00720. The van der Waals surface area contributed by atoms with Crippen molar-refractivity contribution in [2.24, 2.45) is 11.1 Å². The molecule has 0 bridgehead atoms. The lowest BCUT2D eigenvalue weighted by Crippen LogP contribution is -2.50. The molecule has 164 valence electrons. The maximum absolute atomic E-state index is 11.1. The standard InChI is InChI=1S/C26H27N3O3/c1-17-5-3-4-6-23(17)24(14-25(28-32)20-11-12-27-18(2)13-20)19-7-9-22(10-8-19)29-15-21(16-29)26(30)31/h3-13,21,24,32H,14-16H2,1-2H3,(H,30,31)/b28-25+/t24-/m1/s1. The number of rotatable bonds is 7. The van der Waals surface area contributed by atoms with E-state index in [1.165, 1.54) is 11.1 Å². The molecule has 2 N–H and O–H groups in total. The molecule has 3 aromatic rings. The number of aryl methyl sites for hydroxylation is 2. The lowest BCUT2D eigenvalue weighted by Gasteiger charge is -2.38. The van der Waals surface area contributed by atoms with Crippen LogP contribution in [-0.2, 0) is 4.79 Å². The molecular weight excluding hydrogens is 402 g/mol. The summed E-state index contributed by atoms with van der Waals surface area (Å²) in [5, 5.41) is 22.6. The van der Waals surface area contributed by atoms with Crippen molar-refractivity contribution < 1.29 is 15.1 Å². The molecular formula is C26H27N3O3. The van der Waals surface area contributed by atoms with E-state index in [1.807, 2.05) is 43.3 Å². The zero-order valence-corrected chi connectivity index (χ0v) is 18.3. The number of carboxylic acids is 1. The highest BCUT2D eigenvalue weighted by atomic mass is 16.4. The van der Waals surface area contributed by atoms with Gasteiger partial charge in [0, 0.05) is 48.6 Å². The third kappa shape index (κ3) is 4.49. The molecule has 2 aromatic carbocycles. The SMILES string of the molecule is Cc1cc(/C(C[C@H](c2ccc(N3CC(C(=O)O)C3)cc2)c2ccccc2C)=N/O)ccn1. The molecule has 0 saturated carbocycles. The molecule has 0 radical (unpaired) electrons. The summed E-state index contributed by atoms with van der Waals surface area (Å²) in [4.78, 5) is 17.4. The molecule has 2 heterocycles. The molecule has 0 aliphatic carbocycles. The number of nitrogens with zero attached hydrogens (tertiary/aromatic N) is 3. The highest BCUT2D eigenvalue weighted by Gasteiger charge is 2.32. The van der Waals surface area contributed by atoms with E-state index in [2.05, 4.69) is 46.2 Å². The predicted molar refractivity (Wildman–Crippen MR) is 125 cm³/mol. The van der Waals surface area contributed by atoms with Crippen LogP contribution in [0.3, 0.4) is 0 Å². The molecule has 0 amide bonds. The fourth-order valence-electron chi connectivity index (χ4n) is 4.28. The third-order valence-corrected chi connectivity index (χ3v) is 6.20. The average molecular weight is 430 g/mol. The van der Waals surface area contributed by atoms with Gasteiger partial charge < -0.3 is 15.2 Å². The molecule has 1 aliphatic rings. The Balaban J connectivity index is 1.63. The summed E-state index contributed by atoms with van der Waals surface area (Å²) < 4.78 is 0. The minimum Gasteiger partial charge on any atom is -0.481 e. The lowest BCUT2D eigenvalue weighted by molar-refractivity contribution is -0.142. The fourth-order valence-corrected chi connectivity index (χ4v) is 4.28. The summed E-state index contributed by atoms with van der Waals surface area (Å²) in [6.07, 6.45) is 2.26. The van der Waals surface area contributed by atoms with Gasteiger partial charge in [0.1, 0.15) is 0 Å². The smallest absolute Gasteiger partial charge is 0.310 e. The fraction of sp³-hybridized carbons (Fsp3) is 0.269. The van der Waals surface area contributed by atoms with E-state index in [0.29, 0.717) is 25.2 Å². The number of hydrogen-bond donors (Lipinski definition) is 2. The van der Waals surface area contributed by atoms with Gasteiger partial charge >= 0.3 is 5.97 Å². The molecule has 1 aromatic heterocycles. The van der Waals surface area contributed by atoms with Crippen LogP contribution < -0.4 is 4.90 Å². The minimum atomic E-state index is -0.736. The molecule has 1 atom stereocenters. The van der Waals surface area contributed by atoms with Gasteiger partial charge in [0.2, 0.25) is 0 Å². The van der Waals surface area contributed by atoms with Gasteiger partial charge in [-0.2, -0.15) is 0 Å². The Hall–Kier alpha value is -3.67. The molecule has 1 aliphatic heterocycles. The maximum atomic E-state index is 11.1. The predicted octanol–water partition coefficient (Wildman–Crippen LogP) is 4.62. The second-order valence-electron chi connectivity index (χ2n) is 8.38. The van der Waals surface area contributed by atoms with E-state index in [0.717, 1.165) is 22.5 Å². The Kier molecular flexibility index (Phi) is 6.21. The maximum Gasteiger partial charge on any atom is 0.310 e. The van der Waals surface area contributed by atoms with Gasteiger partial charge in [0.25, 0.3) is 0 Å². The number of aromatic nitrogens is 1. The number of carbonyl (C=O) groups is 1. The zero-order valence-electron chi connectivity index (χ0n) is 18.3. The van der Waals surface area contributed by atoms with Crippen molar-refractivity contribution in [3.63, 3.8) is 0 Å². The summed E-state index contributed by atoms with van der Waals surface area (Å²) in [7, 11) is 0. The van der Waals surface area contributed by atoms with Crippen LogP contribution in [0.1, 0.15) is 40.3 Å². The topological polar surface area (TPSA) is 86.0 Å². The Morgan fingerprint density at radius 2 is 1.84 bits per heavy atom. The van der Waals surface area contributed by atoms with Gasteiger partial charge in [-0.1, -0.05) is 41.6 Å². The highest BCUT2D eigenvalue weighted by molar-refractivity contribution is 6.01. The summed E-state index contributed by atoms with van der Waals surface area (Å²) in [5.41, 5.74) is 6.84. The number of aliphatic carboxylic acids is 1. The van der Waals surface area contributed by atoms with Crippen LogP contribution >= 0.6 is 0 Å². The number of benzene rings is 2. The first kappa shape index (κ1) is 21.6. The second kappa shape index (κ2) is 9.22. The number of oxime groups is 1. The molecule has 32 heavy (non-hydrogen) atoms. The van der Waals surface area contributed by atoms with E-state index in [9.17, 15) is 10.0 Å². The van der Waals surface area contributed by atoms with Gasteiger partial charge in [0.15, 0.2) is 0 Å². The highest BCUT2D eigenvalue weighted by Crippen LogP contribution is 2.34. The summed E-state index contributed by atoms with van der Waals surface area (Å²) in [6, 6.07) is 20.3. The molecule has 0 spiro atoms. The van der Waals surface area contributed by atoms with Crippen LogP contribution in [0, 0.1) is 19.8 Å². The summed E-state index contributed by atoms with van der Waals surface area (Å²) >= 11 is 0. The van der Waals surface area contributed by atoms with Crippen molar-refractivity contribution in [3.05, 3.63) is 94.8 Å². The van der Waals surface area contributed by atoms with Crippen LogP contribution in [0.15, 0.2) is 72.0 Å². The van der Waals surface area contributed by atoms with Gasteiger partial charge in [0.05, 0.1) is 11.6 Å². The van der Waals surface area contributed by atoms with Crippen LogP contribution in [0.25, 0.3) is 0 Å². The molecule has 6 heteroatoms. The number of hydrogen-bond acceptors (Lipinski definition) is 5. The first-order chi connectivity index (χ1) is 15.5. The van der Waals surface area contributed by atoms with E-state index < -0.39 is 5.97 Å². The largest absolute Gasteiger partial charge is 0.481 e. The molecule has 6 nitrogen and oxygen atoms in total. The Labute approximate surface area is 187 Å². The van der Waals surface area contributed by atoms with Crippen LogP contribution in [0.5, 0.6) is 0 Å². The van der Waals surface area contributed by atoms with Crippen molar-refractivity contribution in [2.75, 3.05) is 18.0 Å². The first-order valence-corrected chi connectivity index (χ1v) is 10.7. The van der Waals surface area contributed by atoms with E-state index in [4.69, 9.17) is 5.11 Å². The van der Waals surface area contributed by atoms with Gasteiger partial charge in [-0.3, -0.25) is 9.78 Å². The number of anilines is 1. The van der Waals surface area contributed by atoms with E-state index in [1.54, 1.807) is 6.20 Å². The number of carboxylic acid groups (broad SMARTS) is 1. The van der Waals surface area contributed by atoms with Crippen molar-refractivity contribution in [3.8, 4) is 0 Å². The Morgan fingerprint density at radius 3 is 2.47 bits per heavy atom. The van der Waals surface area contributed by atoms with Crippen molar-refractivity contribution in [1.82, 2.24) is 4.98 Å². The normalized spacial score (nSPS) is 15.3. The van der Waals surface area contributed by atoms with Gasteiger partial charge in [-0.05, 0) is 54.8 Å². The molecule has 0 unspecified atom stereocenters. The molecule has 1 fully saturated rings. The zero-order chi connectivity index (χ0) is 22.7. The Morgan fingerprint density at radius 1 is 1.12 bits per heavy atom. The van der Waals surface area contributed by atoms with Crippen molar-refractivity contribution in [2.45, 2.75) is 26.2 Å². The Bertz CT molecular complexity index is 1140. The quantitative estimate of drug-likeness (QED) is 0.325. The molecule has 4 rings (SSSR count). The van der Waals surface area contributed by atoms with Crippen molar-refractivity contribution in [1.29, 1.82) is 0 Å². The third-order valence-electron chi connectivity index (χ3n) is 6.20. The van der Waals surface area contributed by atoms with Gasteiger partial charge in [-0.25, -0.2) is 0 Å². The van der Waals surface area contributed by atoms with E-state index in [-0.39, 0.29) is 11.8 Å². The van der Waals surface area contributed by atoms with E-state index >= 15 is 0 Å². The first-order valence-electron chi connectivity index (χ1n) is 10.7. The van der Waals surface area contributed by atoms with Crippen LogP contribution in [0.2, 0.25) is 0 Å². The van der Waals surface area contributed by atoms with Gasteiger partial charge in [-0.15, -0.1) is 0 Å². The summed E-state index contributed by atoms with van der Waals surface area (Å²) in [6.45, 7) is 5.09. The van der Waals surface area contributed by atoms with Crippen LogP contribution in [-0.4, -0.2) is 40.1 Å². The average Bonchev–Trinajstić information content (AvgIpc) is 2.75. The summed E-state index contributed by atoms with van der Waals surface area (Å²) in [5.74, 6) is -1.02. The van der Waals surface area contributed by atoms with Crippen LogP contribution in [0.4, 0.5) is 5.69 Å². The monoisotopic (exact) mass is 429 g/mol. The molecule has 1 saturated heterocycles. The van der Waals surface area contributed by atoms with Crippen molar-refractivity contribution >= 4 is 17.4 Å². The lowest BCUT2D eigenvalue weighted by atomic mass is 9.83. The second-order valence-corrected chi connectivity index (χ2v) is 8.38.